The van der Waals surface area contributed by atoms with Crippen molar-refractivity contribution >= 4 is 42.0 Å². The summed E-state index contributed by atoms with van der Waals surface area (Å²) in [4.78, 5) is 17.8. The van der Waals surface area contributed by atoms with Crippen molar-refractivity contribution in [1.29, 1.82) is 0 Å². The van der Waals surface area contributed by atoms with Gasteiger partial charge in [-0.2, -0.15) is 0 Å². The van der Waals surface area contributed by atoms with E-state index in [1.54, 1.807) is 0 Å². The maximum absolute atomic E-state index is 13.4. The molecule has 5 heteroatoms. The lowest BCUT2D eigenvalue weighted by molar-refractivity contribution is 0.150. The van der Waals surface area contributed by atoms with E-state index in [0.717, 1.165) is 35.3 Å². The summed E-state index contributed by atoms with van der Waals surface area (Å²) in [6.07, 6.45) is 8.80. The van der Waals surface area contributed by atoms with Gasteiger partial charge in [0.1, 0.15) is 0 Å². The molecule has 0 spiro atoms. The van der Waals surface area contributed by atoms with Crippen molar-refractivity contribution in [1.82, 2.24) is 10.2 Å². The highest BCUT2D eigenvalue weighted by atomic mass is 35.5. The number of anilines is 2. The van der Waals surface area contributed by atoms with E-state index in [4.69, 9.17) is 0 Å². The summed E-state index contributed by atoms with van der Waals surface area (Å²) in [5.74, 6) is 0. The quantitative estimate of drug-likeness (QED) is 0.732. The molecule has 146 valence electrons. The number of nitrogens with zero attached hydrogens (tertiary/aromatic N) is 2. The van der Waals surface area contributed by atoms with Crippen LogP contribution >= 0.6 is 12.4 Å². The highest BCUT2D eigenvalue weighted by molar-refractivity contribution is 6.05. The van der Waals surface area contributed by atoms with Crippen molar-refractivity contribution in [3.63, 3.8) is 0 Å². The molecule has 3 aliphatic rings. The standard InChI is InChI=1S/C23H25N3O.ClH/c1-25-19-12-13-20(25)15-18(14-19)24-23(27)26-21-8-4-2-6-16(21)10-11-17-7-3-5-9-22(17)26;/h2-11,18-20H,12-15H2,1H3,(H,24,27);1H. The number of amides is 2. The fourth-order valence-electron chi connectivity index (χ4n) is 4.96. The number of fused-ring (bicyclic) bond motifs is 4. The van der Waals surface area contributed by atoms with Crippen molar-refractivity contribution in [2.24, 2.45) is 0 Å². The molecule has 2 amide bonds. The number of nitrogens with one attached hydrogen (secondary N) is 1. The van der Waals surface area contributed by atoms with Crippen LogP contribution in [0.15, 0.2) is 48.5 Å². The number of hydrogen-bond donors (Lipinski definition) is 1. The summed E-state index contributed by atoms with van der Waals surface area (Å²) in [7, 11) is 2.23. The van der Waals surface area contributed by atoms with Crippen LogP contribution in [0.4, 0.5) is 16.2 Å². The van der Waals surface area contributed by atoms with Crippen LogP contribution in [0.3, 0.4) is 0 Å². The first-order valence-corrected chi connectivity index (χ1v) is 9.89. The van der Waals surface area contributed by atoms with Gasteiger partial charge in [0.25, 0.3) is 0 Å². The van der Waals surface area contributed by atoms with E-state index in [9.17, 15) is 4.79 Å². The second-order valence-electron chi connectivity index (χ2n) is 7.95. The number of piperidine rings is 1. The van der Waals surface area contributed by atoms with Crippen LogP contribution in [0.1, 0.15) is 36.8 Å². The molecule has 5 rings (SSSR count). The molecule has 2 unspecified atom stereocenters. The zero-order valence-electron chi connectivity index (χ0n) is 16.0. The first kappa shape index (κ1) is 19.0. The molecule has 3 heterocycles. The fourth-order valence-corrected chi connectivity index (χ4v) is 4.96. The molecular weight excluding hydrogens is 370 g/mol. The first-order chi connectivity index (χ1) is 13.2. The third-order valence-electron chi connectivity index (χ3n) is 6.43. The molecule has 2 aromatic carbocycles. The summed E-state index contributed by atoms with van der Waals surface area (Å²) in [5.41, 5.74) is 4.00. The number of carbonyl (C=O) groups excluding carboxylic acids is 1. The minimum atomic E-state index is -0.0208. The van der Waals surface area contributed by atoms with Crippen LogP contribution in [0.5, 0.6) is 0 Å². The Kier molecular flexibility index (Phi) is 5.17. The molecule has 1 N–H and O–H groups in total. The molecule has 2 bridgehead atoms. The fraction of sp³-hybridized carbons (Fsp3) is 0.348. The Bertz CT molecular complexity index is 849. The second kappa shape index (κ2) is 7.61. The van der Waals surface area contributed by atoms with Gasteiger partial charge in [0, 0.05) is 18.1 Å². The van der Waals surface area contributed by atoms with Gasteiger partial charge in [-0.25, -0.2) is 4.79 Å². The van der Waals surface area contributed by atoms with Crippen molar-refractivity contribution in [3.05, 3.63) is 59.7 Å². The Labute approximate surface area is 172 Å². The molecule has 0 saturated carbocycles. The Hall–Kier alpha value is -2.30. The van der Waals surface area contributed by atoms with E-state index < -0.39 is 0 Å². The maximum atomic E-state index is 13.4. The molecular formula is C23H26ClN3O. The van der Waals surface area contributed by atoms with Crippen molar-refractivity contribution in [2.75, 3.05) is 11.9 Å². The summed E-state index contributed by atoms with van der Waals surface area (Å²) in [6.45, 7) is 0. The Morgan fingerprint density at radius 3 is 1.93 bits per heavy atom. The van der Waals surface area contributed by atoms with Crippen LogP contribution in [-0.4, -0.2) is 36.1 Å². The van der Waals surface area contributed by atoms with Gasteiger partial charge in [-0.15, -0.1) is 12.4 Å². The predicted molar refractivity (Wildman–Crippen MR) is 117 cm³/mol. The van der Waals surface area contributed by atoms with Crippen LogP contribution in [0, 0.1) is 0 Å². The largest absolute Gasteiger partial charge is 0.335 e. The highest BCUT2D eigenvalue weighted by Gasteiger charge is 2.39. The van der Waals surface area contributed by atoms with Crippen LogP contribution in [0.2, 0.25) is 0 Å². The minimum absolute atomic E-state index is 0. The predicted octanol–water partition coefficient (Wildman–Crippen LogP) is 5.07. The molecule has 2 aromatic rings. The van der Waals surface area contributed by atoms with Gasteiger partial charge in [0.2, 0.25) is 0 Å². The van der Waals surface area contributed by atoms with E-state index in [1.807, 2.05) is 41.3 Å². The van der Waals surface area contributed by atoms with E-state index in [1.165, 1.54) is 12.8 Å². The third-order valence-corrected chi connectivity index (χ3v) is 6.43. The lowest BCUT2D eigenvalue weighted by Crippen LogP contribution is -2.51. The van der Waals surface area contributed by atoms with Gasteiger partial charge >= 0.3 is 6.03 Å². The maximum Gasteiger partial charge on any atom is 0.326 e. The highest BCUT2D eigenvalue weighted by Crippen LogP contribution is 2.37. The average Bonchev–Trinajstić information content (AvgIpc) is 2.87. The SMILES string of the molecule is CN1C2CCC1CC(NC(=O)N1c3ccccc3C=Cc3ccccc31)C2.Cl. The number of urea groups is 1. The Morgan fingerprint density at radius 1 is 0.893 bits per heavy atom. The summed E-state index contributed by atoms with van der Waals surface area (Å²) in [5, 5.41) is 3.35. The molecule has 4 nitrogen and oxygen atoms in total. The molecule has 2 atom stereocenters. The summed E-state index contributed by atoms with van der Waals surface area (Å²) in [6, 6.07) is 17.7. The Balaban J connectivity index is 0.00000192. The third kappa shape index (κ3) is 3.21. The topological polar surface area (TPSA) is 35.6 Å². The minimum Gasteiger partial charge on any atom is -0.335 e. The van der Waals surface area contributed by atoms with E-state index in [2.05, 4.69) is 41.5 Å². The number of para-hydroxylation sites is 2. The van der Waals surface area contributed by atoms with E-state index in [-0.39, 0.29) is 24.5 Å². The van der Waals surface area contributed by atoms with Crippen molar-refractivity contribution in [2.45, 2.75) is 43.8 Å². The number of halogens is 1. The normalized spacial score (nSPS) is 25.3. The zero-order valence-corrected chi connectivity index (χ0v) is 16.9. The molecule has 28 heavy (non-hydrogen) atoms. The van der Waals surface area contributed by atoms with Gasteiger partial charge in [0.15, 0.2) is 0 Å². The lowest BCUT2D eigenvalue weighted by Gasteiger charge is -2.37. The lowest BCUT2D eigenvalue weighted by atomic mass is 9.98. The first-order valence-electron chi connectivity index (χ1n) is 9.89. The molecule has 2 fully saturated rings. The smallest absolute Gasteiger partial charge is 0.326 e. The molecule has 2 saturated heterocycles. The van der Waals surface area contributed by atoms with Crippen molar-refractivity contribution < 1.29 is 4.79 Å². The van der Waals surface area contributed by atoms with Gasteiger partial charge in [0.05, 0.1) is 11.4 Å². The monoisotopic (exact) mass is 395 g/mol. The van der Waals surface area contributed by atoms with Gasteiger partial charge in [-0.1, -0.05) is 48.6 Å². The van der Waals surface area contributed by atoms with Crippen LogP contribution < -0.4 is 10.2 Å². The average molecular weight is 396 g/mol. The van der Waals surface area contributed by atoms with E-state index in [0.29, 0.717) is 12.1 Å². The molecule has 0 radical (unpaired) electrons. The number of benzene rings is 2. The summed E-state index contributed by atoms with van der Waals surface area (Å²) >= 11 is 0. The summed E-state index contributed by atoms with van der Waals surface area (Å²) < 4.78 is 0. The number of carbonyl (C=O) groups is 1. The number of hydrogen-bond acceptors (Lipinski definition) is 2. The van der Waals surface area contributed by atoms with Crippen LogP contribution in [0.25, 0.3) is 12.2 Å². The Morgan fingerprint density at radius 2 is 1.39 bits per heavy atom. The van der Waals surface area contributed by atoms with Gasteiger partial charge in [-0.05, 0) is 56.0 Å². The molecule has 3 aliphatic heterocycles. The number of rotatable bonds is 1. The zero-order chi connectivity index (χ0) is 18.4. The second-order valence-corrected chi connectivity index (χ2v) is 7.95. The van der Waals surface area contributed by atoms with Crippen LogP contribution in [-0.2, 0) is 0 Å². The van der Waals surface area contributed by atoms with Gasteiger partial charge < -0.3 is 10.2 Å². The molecule has 0 aliphatic carbocycles. The van der Waals surface area contributed by atoms with Gasteiger partial charge in [-0.3, -0.25) is 4.90 Å². The molecule has 0 aromatic heterocycles. The van der Waals surface area contributed by atoms with Crippen molar-refractivity contribution in [3.8, 4) is 0 Å². The van der Waals surface area contributed by atoms with E-state index >= 15 is 0 Å².